The zero-order valence-corrected chi connectivity index (χ0v) is 11.2. The average Bonchev–Trinajstić information content (AvgIpc) is 2.22. The smallest absolute Gasteiger partial charge is 0.320 e. The van der Waals surface area contributed by atoms with E-state index in [-0.39, 0.29) is 0 Å². The van der Waals surface area contributed by atoms with E-state index in [0.29, 0.717) is 18.0 Å². The maximum Gasteiger partial charge on any atom is 0.320 e. The normalized spacial score (nSPS) is 12.8. The number of carboxylic acid groups (broad SMARTS) is 1. The fourth-order valence-electron chi connectivity index (χ4n) is 1.83. The average molecular weight is 256 g/mol. The minimum absolute atomic E-state index is 0.465. The van der Waals surface area contributed by atoms with E-state index in [1.807, 2.05) is 32.0 Å². The van der Waals surface area contributed by atoms with Crippen LogP contribution in [0.3, 0.4) is 0 Å². The number of aliphatic carboxylic acids is 1. The van der Waals surface area contributed by atoms with Gasteiger partial charge in [-0.25, -0.2) is 0 Å². The third-order valence-electron chi connectivity index (χ3n) is 2.83. The summed E-state index contributed by atoms with van der Waals surface area (Å²) in [7, 11) is 1.80. The lowest BCUT2D eigenvalue weighted by Crippen LogP contribution is -2.37. The Morgan fingerprint density at radius 3 is 2.65 bits per heavy atom. The predicted molar refractivity (Wildman–Crippen MR) is 69.4 cm³/mol. The van der Waals surface area contributed by atoms with E-state index in [9.17, 15) is 4.79 Å². The number of carboxylic acids is 1. The quantitative estimate of drug-likeness (QED) is 0.880. The number of rotatable bonds is 5. The van der Waals surface area contributed by atoms with Crippen LogP contribution in [0.25, 0.3) is 0 Å². The lowest BCUT2D eigenvalue weighted by molar-refractivity contribution is -0.143. The minimum atomic E-state index is -0.793. The fourth-order valence-corrected chi connectivity index (χ4v) is 2.13. The number of likely N-dealkylation sites (N-methyl/N-ethyl adjacent to an activating group) is 1. The first-order valence-corrected chi connectivity index (χ1v) is 6.01. The van der Waals surface area contributed by atoms with Crippen LogP contribution < -0.4 is 0 Å². The molecule has 0 bridgehead atoms. The lowest BCUT2D eigenvalue weighted by Gasteiger charge is -2.23. The van der Waals surface area contributed by atoms with E-state index >= 15 is 0 Å². The molecule has 0 spiro atoms. The molecule has 1 aromatic rings. The minimum Gasteiger partial charge on any atom is -0.480 e. The van der Waals surface area contributed by atoms with Gasteiger partial charge in [0.25, 0.3) is 0 Å². The Morgan fingerprint density at radius 2 is 2.18 bits per heavy atom. The summed E-state index contributed by atoms with van der Waals surface area (Å²) in [5.41, 5.74) is 2.06. The molecule has 0 aliphatic heterocycles. The molecule has 3 nitrogen and oxygen atoms in total. The summed E-state index contributed by atoms with van der Waals surface area (Å²) in [6.45, 7) is 4.39. The van der Waals surface area contributed by atoms with Crippen molar-refractivity contribution in [2.75, 3.05) is 7.05 Å². The Labute approximate surface area is 107 Å². The summed E-state index contributed by atoms with van der Waals surface area (Å²) < 4.78 is 0. The molecule has 0 heterocycles. The summed E-state index contributed by atoms with van der Waals surface area (Å²) in [4.78, 5) is 12.8. The van der Waals surface area contributed by atoms with Crippen LogP contribution >= 0.6 is 11.6 Å². The molecule has 1 rings (SSSR count). The SMILES string of the molecule is CCC(C(=O)O)N(C)Cc1ccc(C)cc1Cl. The van der Waals surface area contributed by atoms with Gasteiger partial charge in [0, 0.05) is 11.6 Å². The fraction of sp³-hybridized carbons (Fsp3) is 0.462. The molecule has 0 aliphatic carbocycles. The molecule has 1 N–H and O–H groups in total. The molecule has 0 saturated heterocycles. The van der Waals surface area contributed by atoms with Crippen LogP contribution in [0, 0.1) is 6.92 Å². The van der Waals surface area contributed by atoms with E-state index in [2.05, 4.69) is 0 Å². The second kappa shape index (κ2) is 6.03. The third-order valence-corrected chi connectivity index (χ3v) is 3.18. The Bertz CT molecular complexity index is 406. The topological polar surface area (TPSA) is 40.5 Å². The Hall–Kier alpha value is -1.06. The second-order valence-electron chi connectivity index (χ2n) is 4.27. The number of benzene rings is 1. The Morgan fingerprint density at radius 1 is 1.53 bits per heavy atom. The molecular formula is C13H18ClNO2. The van der Waals surface area contributed by atoms with Crippen molar-refractivity contribution < 1.29 is 9.90 Å². The van der Waals surface area contributed by atoms with E-state index in [4.69, 9.17) is 16.7 Å². The van der Waals surface area contributed by atoms with Crippen LogP contribution in [-0.4, -0.2) is 29.1 Å². The number of carbonyl (C=O) groups is 1. The number of hydrogen-bond acceptors (Lipinski definition) is 2. The molecule has 0 aromatic heterocycles. The van der Waals surface area contributed by atoms with Crippen molar-refractivity contribution in [3.05, 3.63) is 34.3 Å². The van der Waals surface area contributed by atoms with Crippen LogP contribution in [0.1, 0.15) is 24.5 Å². The zero-order chi connectivity index (χ0) is 13.0. The van der Waals surface area contributed by atoms with Crippen molar-refractivity contribution in [2.24, 2.45) is 0 Å². The molecule has 17 heavy (non-hydrogen) atoms. The van der Waals surface area contributed by atoms with Gasteiger partial charge in [0.1, 0.15) is 6.04 Å². The summed E-state index contributed by atoms with van der Waals surface area (Å²) in [6, 6.07) is 5.36. The van der Waals surface area contributed by atoms with E-state index < -0.39 is 12.0 Å². The Kier molecular flexibility index (Phi) is 4.97. The number of halogens is 1. The molecule has 1 aromatic carbocycles. The van der Waals surface area contributed by atoms with E-state index in [1.54, 1.807) is 11.9 Å². The van der Waals surface area contributed by atoms with Crippen molar-refractivity contribution in [1.82, 2.24) is 4.90 Å². The number of aryl methyl sites for hydroxylation is 1. The molecule has 1 atom stereocenters. The largest absolute Gasteiger partial charge is 0.480 e. The van der Waals surface area contributed by atoms with Crippen LogP contribution in [0.4, 0.5) is 0 Å². The maximum atomic E-state index is 11.0. The first kappa shape index (κ1) is 14.0. The van der Waals surface area contributed by atoms with E-state index in [1.165, 1.54) is 0 Å². The van der Waals surface area contributed by atoms with Gasteiger partial charge >= 0.3 is 5.97 Å². The van der Waals surface area contributed by atoms with Crippen molar-refractivity contribution in [1.29, 1.82) is 0 Å². The molecule has 0 radical (unpaired) electrons. The van der Waals surface area contributed by atoms with E-state index in [0.717, 1.165) is 11.1 Å². The highest BCUT2D eigenvalue weighted by atomic mass is 35.5. The van der Waals surface area contributed by atoms with Crippen molar-refractivity contribution >= 4 is 17.6 Å². The van der Waals surface area contributed by atoms with Gasteiger partial charge < -0.3 is 5.11 Å². The molecule has 1 unspecified atom stereocenters. The van der Waals surface area contributed by atoms with Crippen LogP contribution in [-0.2, 0) is 11.3 Å². The van der Waals surface area contributed by atoms with Gasteiger partial charge in [-0.3, -0.25) is 9.69 Å². The molecule has 0 saturated carbocycles. The summed E-state index contributed by atoms with van der Waals surface area (Å²) >= 11 is 6.13. The molecular weight excluding hydrogens is 238 g/mol. The van der Waals surface area contributed by atoms with Gasteiger partial charge in [-0.15, -0.1) is 0 Å². The van der Waals surface area contributed by atoms with Crippen LogP contribution in [0.2, 0.25) is 5.02 Å². The van der Waals surface area contributed by atoms with Gasteiger partial charge in [-0.05, 0) is 37.6 Å². The first-order valence-electron chi connectivity index (χ1n) is 5.63. The van der Waals surface area contributed by atoms with Gasteiger partial charge in [0.15, 0.2) is 0 Å². The van der Waals surface area contributed by atoms with Gasteiger partial charge in [0.05, 0.1) is 0 Å². The second-order valence-corrected chi connectivity index (χ2v) is 4.68. The summed E-state index contributed by atoms with van der Waals surface area (Å²) in [5, 5.41) is 9.75. The van der Waals surface area contributed by atoms with Crippen molar-refractivity contribution in [3.63, 3.8) is 0 Å². The molecule has 94 valence electrons. The zero-order valence-electron chi connectivity index (χ0n) is 10.4. The van der Waals surface area contributed by atoms with Crippen LogP contribution in [0.15, 0.2) is 18.2 Å². The summed E-state index contributed by atoms with van der Waals surface area (Å²) in [5.74, 6) is -0.793. The van der Waals surface area contributed by atoms with Gasteiger partial charge in [-0.1, -0.05) is 30.7 Å². The number of nitrogens with zero attached hydrogens (tertiary/aromatic N) is 1. The highest BCUT2D eigenvalue weighted by Gasteiger charge is 2.20. The van der Waals surface area contributed by atoms with Gasteiger partial charge in [0.2, 0.25) is 0 Å². The molecule has 0 fully saturated rings. The standard InChI is InChI=1S/C13H18ClNO2/c1-4-12(13(16)17)15(3)8-10-6-5-9(2)7-11(10)14/h5-7,12H,4,8H2,1-3H3,(H,16,17). The number of hydrogen-bond donors (Lipinski definition) is 1. The molecule has 4 heteroatoms. The Balaban J connectivity index is 2.79. The lowest BCUT2D eigenvalue weighted by atomic mass is 10.1. The molecule has 0 aliphatic rings. The van der Waals surface area contributed by atoms with Gasteiger partial charge in [-0.2, -0.15) is 0 Å². The van der Waals surface area contributed by atoms with Crippen molar-refractivity contribution in [3.8, 4) is 0 Å². The predicted octanol–water partition coefficient (Wildman–Crippen LogP) is 2.94. The third kappa shape index (κ3) is 3.72. The first-order chi connectivity index (χ1) is 7.95. The van der Waals surface area contributed by atoms with Crippen molar-refractivity contribution in [2.45, 2.75) is 32.9 Å². The highest BCUT2D eigenvalue weighted by Crippen LogP contribution is 2.20. The van der Waals surface area contributed by atoms with Crippen LogP contribution in [0.5, 0.6) is 0 Å². The highest BCUT2D eigenvalue weighted by molar-refractivity contribution is 6.31. The monoisotopic (exact) mass is 255 g/mol. The maximum absolute atomic E-state index is 11.0. The molecule has 0 amide bonds. The summed E-state index contributed by atoms with van der Waals surface area (Å²) in [6.07, 6.45) is 0.579.